The Morgan fingerprint density at radius 1 is 1.16 bits per heavy atom. The number of aliphatic hydroxyl groups is 1. The number of fused-ring (bicyclic) bond motifs is 2. The van der Waals surface area contributed by atoms with Gasteiger partial charge in [-0.2, -0.15) is 4.98 Å². The summed E-state index contributed by atoms with van der Waals surface area (Å²) in [5, 5.41) is 22.0. The van der Waals surface area contributed by atoms with Gasteiger partial charge >= 0.3 is 0 Å². The second kappa shape index (κ2) is 7.75. The van der Waals surface area contributed by atoms with Gasteiger partial charge in [0.25, 0.3) is 6.01 Å². The minimum Gasteiger partial charge on any atom is -0.508 e. The van der Waals surface area contributed by atoms with E-state index in [9.17, 15) is 19.0 Å². The van der Waals surface area contributed by atoms with Crippen LogP contribution < -0.4 is 10.1 Å². The lowest BCUT2D eigenvalue weighted by atomic mass is 10.1. The standard InChI is InChI=1S/C19H17ClF2N4O5/c20-9-3-12-18(25-17(9)23-4-8-10(21)1-7(27)2-11(8)22)26-19(24-12)31-14-6-30-15-13(28)5-29-16(14)15/h1-3,13-16,27-28H,4-6H2,(H2,23,24,25,26)/t13-,14-,15-,16-/m1/s1. The molecule has 4 heterocycles. The summed E-state index contributed by atoms with van der Waals surface area (Å²) in [6.45, 7) is 0.185. The maximum atomic E-state index is 13.9. The minimum atomic E-state index is -0.894. The number of hydrogen-bond donors (Lipinski definition) is 4. The van der Waals surface area contributed by atoms with Gasteiger partial charge in [-0.15, -0.1) is 0 Å². The molecule has 4 atom stereocenters. The summed E-state index contributed by atoms with van der Waals surface area (Å²) < 4.78 is 44.7. The van der Waals surface area contributed by atoms with Crippen molar-refractivity contribution in [1.29, 1.82) is 0 Å². The van der Waals surface area contributed by atoms with Crippen molar-refractivity contribution in [3.63, 3.8) is 0 Å². The highest BCUT2D eigenvalue weighted by Crippen LogP contribution is 2.31. The molecule has 9 nitrogen and oxygen atoms in total. The summed E-state index contributed by atoms with van der Waals surface area (Å²) in [6.07, 6.45) is -1.96. The van der Waals surface area contributed by atoms with E-state index >= 15 is 0 Å². The van der Waals surface area contributed by atoms with E-state index in [1.807, 2.05) is 0 Å². The Morgan fingerprint density at radius 2 is 1.90 bits per heavy atom. The van der Waals surface area contributed by atoms with Crippen molar-refractivity contribution in [2.45, 2.75) is 31.0 Å². The molecule has 12 heteroatoms. The molecule has 1 aromatic carbocycles. The number of phenolic OH excluding ortho intramolecular Hbond substituents is 1. The maximum absolute atomic E-state index is 13.9. The molecule has 164 valence electrons. The topological polar surface area (TPSA) is 122 Å². The average molecular weight is 455 g/mol. The van der Waals surface area contributed by atoms with Crippen molar-refractivity contribution in [3.05, 3.63) is 40.4 Å². The number of nitrogens with zero attached hydrogens (tertiary/aromatic N) is 2. The van der Waals surface area contributed by atoms with Crippen LogP contribution in [0, 0.1) is 11.6 Å². The van der Waals surface area contributed by atoms with Crippen molar-refractivity contribution < 1.29 is 33.2 Å². The first-order chi connectivity index (χ1) is 14.9. The summed E-state index contributed by atoms with van der Waals surface area (Å²) in [6, 6.07) is 3.37. The molecule has 2 aromatic heterocycles. The van der Waals surface area contributed by atoms with Gasteiger partial charge in [0.15, 0.2) is 11.8 Å². The lowest BCUT2D eigenvalue weighted by Gasteiger charge is -2.15. The van der Waals surface area contributed by atoms with Crippen LogP contribution in [0.4, 0.5) is 14.6 Å². The highest BCUT2D eigenvalue weighted by Gasteiger charge is 2.48. The van der Waals surface area contributed by atoms with E-state index in [-0.39, 0.29) is 47.8 Å². The summed E-state index contributed by atoms with van der Waals surface area (Å²) >= 11 is 6.23. The molecule has 2 saturated heterocycles. The molecule has 0 saturated carbocycles. The average Bonchev–Trinajstić information content (AvgIpc) is 3.38. The van der Waals surface area contributed by atoms with Crippen LogP contribution in [0.15, 0.2) is 18.2 Å². The third kappa shape index (κ3) is 3.74. The van der Waals surface area contributed by atoms with Crippen LogP contribution in [0.3, 0.4) is 0 Å². The lowest BCUT2D eigenvalue weighted by Crippen LogP contribution is -2.34. The number of phenols is 1. The van der Waals surface area contributed by atoms with Crippen LogP contribution in [0.25, 0.3) is 11.2 Å². The smallest absolute Gasteiger partial charge is 0.296 e. The quantitative estimate of drug-likeness (QED) is 0.462. The number of aromatic nitrogens is 3. The van der Waals surface area contributed by atoms with Gasteiger partial charge in [0.2, 0.25) is 0 Å². The fourth-order valence-electron chi connectivity index (χ4n) is 3.69. The molecule has 2 fully saturated rings. The van der Waals surface area contributed by atoms with Gasteiger partial charge in [0, 0.05) is 24.2 Å². The van der Waals surface area contributed by atoms with Gasteiger partial charge in [-0.05, 0) is 6.07 Å². The van der Waals surface area contributed by atoms with Crippen LogP contribution in [0.1, 0.15) is 5.56 Å². The number of aliphatic hydroxyl groups excluding tert-OH is 1. The molecule has 2 aliphatic heterocycles. The van der Waals surface area contributed by atoms with Crippen LogP contribution >= 0.6 is 11.6 Å². The number of halogens is 3. The Labute approximate surface area is 178 Å². The lowest BCUT2D eigenvalue weighted by molar-refractivity contribution is 0.00706. The zero-order valence-corrected chi connectivity index (χ0v) is 16.6. The summed E-state index contributed by atoms with van der Waals surface area (Å²) in [5.74, 6) is -2.12. The van der Waals surface area contributed by atoms with Crippen molar-refractivity contribution >= 4 is 28.6 Å². The number of H-pyrrole nitrogens is 1. The minimum absolute atomic E-state index is 0.172. The number of nitrogens with one attached hydrogen (secondary N) is 2. The van der Waals surface area contributed by atoms with Gasteiger partial charge in [-0.25, -0.2) is 13.8 Å². The first-order valence-electron chi connectivity index (χ1n) is 9.44. The van der Waals surface area contributed by atoms with Crippen LogP contribution in [0.5, 0.6) is 11.8 Å². The number of aromatic amines is 1. The molecule has 0 bridgehead atoms. The SMILES string of the molecule is Oc1cc(F)c(CNc2nc3nc(O[C@@H]4CO[C@H]5[C@@H]4OC[C@H]5O)[nH]c3cc2Cl)c(F)c1. The molecule has 0 aliphatic carbocycles. The predicted molar refractivity (Wildman–Crippen MR) is 104 cm³/mol. The fraction of sp³-hybridized carbons (Fsp3) is 0.368. The van der Waals surface area contributed by atoms with E-state index < -0.39 is 41.8 Å². The number of aromatic hydroxyl groups is 1. The molecule has 0 radical (unpaired) electrons. The highest BCUT2D eigenvalue weighted by molar-refractivity contribution is 6.33. The third-order valence-corrected chi connectivity index (χ3v) is 5.50. The molecule has 31 heavy (non-hydrogen) atoms. The van der Waals surface area contributed by atoms with Crippen LogP contribution in [-0.2, 0) is 16.0 Å². The normalized spacial score (nSPS) is 25.2. The van der Waals surface area contributed by atoms with Gasteiger partial charge < -0.3 is 34.7 Å². The number of imidazole rings is 1. The Hall–Kier alpha value is -2.73. The van der Waals surface area contributed by atoms with Gasteiger partial charge in [-0.1, -0.05) is 11.6 Å². The number of pyridine rings is 1. The van der Waals surface area contributed by atoms with Crippen LogP contribution in [-0.4, -0.2) is 62.8 Å². The number of ether oxygens (including phenoxy) is 3. The molecule has 0 spiro atoms. The molecular weight excluding hydrogens is 438 g/mol. The zero-order chi connectivity index (χ0) is 21.7. The van der Waals surface area contributed by atoms with E-state index in [0.29, 0.717) is 5.52 Å². The maximum Gasteiger partial charge on any atom is 0.296 e. The number of anilines is 1. The van der Waals surface area contributed by atoms with E-state index in [1.165, 1.54) is 0 Å². The third-order valence-electron chi connectivity index (χ3n) is 5.21. The second-order valence-corrected chi connectivity index (χ2v) is 7.70. The molecule has 5 rings (SSSR count). The molecule has 0 amide bonds. The first kappa shape index (κ1) is 20.2. The van der Waals surface area contributed by atoms with Gasteiger partial charge in [0.1, 0.15) is 41.5 Å². The van der Waals surface area contributed by atoms with E-state index in [2.05, 4.69) is 20.3 Å². The van der Waals surface area contributed by atoms with E-state index in [4.69, 9.17) is 25.8 Å². The van der Waals surface area contributed by atoms with E-state index in [1.54, 1.807) is 6.07 Å². The predicted octanol–water partition coefficient (Wildman–Crippen LogP) is 2.11. The Bertz CT molecular complexity index is 1120. The van der Waals surface area contributed by atoms with Crippen molar-refractivity contribution in [2.75, 3.05) is 18.5 Å². The van der Waals surface area contributed by atoms with Crippen molar-refractivity contribution in [2.24, 2.45) is 0 Å². The Balaban J connectivity index is 1.33. The molecule has 2 aliphatic rings. The van der Waals surface area contributed by atoms with Crippen LogP contribution in [0.2, 0.25) is 5.02 Å². The molecule has 4 N–H and O–H groups in total. The zero-order valence-electron chi connectivity index (χ0n) is 15.8. The first-order valence-corrected chi connectivity index (χ1v) is 9.82. The monoisotopic (exact) mass is 454 g/mol. The largest absolute Gasteiger partial charge is 0.508 e. The molecule has 3 aromatic rings. The highest BCUT2D eigenvalue weighted by atomic mass is 35.5. The summed E-state index contributed by atoms with van der Waals surface area (Å²) in [7, 11) is 0. The van der Waals surface area contributed by atoms with E-state index in [0.717, 1.165) is 12.1 Å². The number of hydrogen-bond acceptors (Lipinski definition) is 8. The Kier molecular flexibility index (Phi) is 5.05. The Morgan fingerprint density at radius 3 is 2.68 bits per heavy atom. The number of rotatable bonds is 5. The second-order valence-electron chi connectivity index (χ2n) is 7.29. The van der Waals surface area contributed by atoms with Gasteiger partial charge in [0.05, 0.1) is 23.8 Å². The van der Waals surface area contributed by atoms with Crippen molar-refractivity contribution in [1.82, 2.24) is 15.0 Å². The van der Waals surface area contributed by atoms with Crippen molar-refractivity contribution in [3.8, 4) is 11.8 Å². The number of benzene rings is 1. The summed E-state index contributed by atoms with van der Waals surface area (Å²) in [4.78, 5) is 11.5. The molecular formula is C19H17ClF2N4O5. The van der Waals surface area contributed by atoms with Gasteiger partial charge in [-0.3, -0.25) is 0 Å². The fourth-order valence-corrected chi connectivity index (χ4v) is 3.91. The summed E-state index contributed by atoms with van der Waals surface area (Å²) in [5.41, 5.74) is 0.503. The molecule has 0 unspecified atom stereocenters.